The molecule has 5 aromatic rings. The van der Waals surface area contributed by atoms with Crippen molar-refractivity contribution < 1.29 is 75.0 Å². The van der Waals surface area contributed by atoms with Crippen molar-refractivity contribution in [3.05, 3.63) is 119 Å². The molecule has 22 heteroatoms. The minimum atomic E-state index is -1.41. The van der Waals surface area contributed by atoms with E-state index in [1.807, 2.05) is 0 Å². The van der Waals surface area contributed by atoms with E-state index in [4.69, 9.17) is 54.2 Å². The first-order valence-electron chi connectivity index (χ1n) is 14.5. The van der Waals surface area contributed by atoms with E-state index in [0.717, 1.165) is 30.3 Å². The molecule has 0 unspecified atom stereocenters. The quantitative estimate of drug-likeness (QED) is 0.0595. The molecule has 5 aromatic carbocycles. The van der Waals surface area contributed by atoms with E-state index in [1.54, 1.807) is 0 Å². The molecule has 20 nitrogen and oxygen atoms in total. The van der Waals surface area contributed by atoms with Crippen LogP contribution in [-0.2, 0) is 0 Å². The smallest absolute Gasteiger partial charge is 0.545 e. The van der Waals surface area contributed by atoms with Crippen LogP contribution in [0.3, 0.4) is 0 Å². The second-order valence-corrected chi connectivity index (χ2v) is 10.3. The fourth-order valence-corrected chi connectivity index (χ4v) is 3.61. The molecule has 0 radical (unpaired) electrons. The molecule has 5 rings (SSSR count). The summed E-state index contributed by atoms with van der Waals surface area (Å²) in [6, 6.07) is 18.7. The Morgan fingerprint density at radius 3 is 0.544 bits per heavy atom. The van der Waals surface area contributed by atoms with Gasteiger partial charge in [0.1, 0.15) is 28.7 Å². The maximum Gasteiger partial charge on any atom is 3.00 e. The normalized spacial score (nSPS) is 9.12. The van der Waals surface area contributed by atoms with Crippen molar-refractivity contribution in [3.8, 4) is 28.7 Å². The predicted molar refractivity (Wildman–Crippen MR) is 196 cm³/mol. The number of nitrogen functional groups attached to an aromatic ring is 5. The van der Waals surface area contributed by atoms with Crippen LogP contribution in [0.4, 0.5) is 28.4 Å². The van der Waals surface area contributed by atoms with Crippen molar-refractivity contribution >= 4 is 113 Å². The Morgan fingerprint density at radius 1 is 0.333 bits per heavy atom. The van der Waals surface area contributed by atoms with Gasteiger partial charge < -0.3 is 104 Å². The van der Waals surface area contributed by atoms with Crippen LogP contribution in [-0.4, -0.2) is 110 Å². The van der Waals surface area contributed by atoms with Crippen molar-refractivity contribution in [2.45, 2.75) is 0 Å². The van der Waals surface area contributed by atoms with Gasteiger partial charge in [-0.05, 0) is 60.7 Å². The number of carboxylic acids is 5. The number of phenols is 5. The summed E-state index contributed by atoms with van der Waals surface area (Å²) in [5.74, 6) is -8.92. The number of carbonyl (C=O) groups excluding carboxylic acids is 5. The van der Waals surface area contributed by atoms with Crippen LogP contribution in [0.1, 0.15) is 51.8 Å². The second kappa shape index (κ2) is 24.6. The predicted octanol–water partition coefficient (Wildman–Crippen LogP) is -4.07. The topological polar surface area (TPSA) is 432 Å². The van der Waals surface area contributed by atoms with Crippen LogP contribution in [0.25, 0.3) is 0 Å². The molecule has 0 aromatic heterocycles. The van der Waals surface area contributed by atoms with E-state index >= 15 is 0 Å². The molecular weight excluding hydrogens is 797 g/mol. The van der Waals surface area contributed by atoms with Crippen molar-refractivity contribution in [2.75, 3.05) is 28.7 Å². The number of carboxylic acid groups (broad SMARTS) is 5. The monoisotopic (exact) mass is 827 g/mol. The summed E-state index contributed by atoms with van der Waals surface area (Å²) in [7, 11) is 0. The van der Waals surface area contributed by atoms with Gasteiger partial charge in [-0.25, -0.2) is 0 Å². The van der Waals surface area contributed by atoms with Crippen molar-refractivity contribution in [1.29, 1.82) is 0 Å². The molecule has 0 saturated carbocycles. The minimum absolute atomic E-state index is 0. The first-order chi connectivity index (χ1) is 25.5. The molecule has 0 aliphatic heterocycles. The third-order valence-electron chi connectivity index (χ3n) is 6.21. The van der Waals surface area contributed by atoms with Gasteiger partial charge in [0.05, 0.1) is 29.8 Å². The molecule has 0 aliphatic carbocycles. The Kier molecular flexibility index (Phi) is 22.6. The number of aromatic hydroxyl groups is 5. The molecule has 0 heterocycles. The fourth-order valence-electron chi connectivity index (χ4n) is 3.61. The van der Waals surface area contributed by atoms with E-state index < -0.39 is 29.8 Å². The summed E-state index contributed by atoms with van der Waals surface area (Å²) in [6.07, 6.45) is 0. The fraction of sp³-hybridized carbons (Fsp3) is 0. The van der Waals surface area contributed by atoms with Crippen molar-refractivity contribution in [2.24, 2.45) is 0 Å². The van der Waals surface area contributed by atoms with Gasteiger partial charge in [-0.1, -0.05) is 0 Å². The molecule has 0 aliphatic rings. The number of hydrogen-bond donors (Lipinski definition) is 10. The first-order valence-corrected chi connectivity index (χ1v) is 14.5. The van der Waals surface area contributed by atoms with Crippen LogP contribution in [0.5, 0.6) is 28.7 Å². The largest absolute Gasteiger partial charge is 3.00 e. The summed E-state index contributed by atoms with van der Waals surface area (Å²) in [5, 5.41) is 95.9. The van der Waals surface area contributed by atoms with Gasteiger partial charge in [-0.3, -0.25) is 0 Å². The molecular formula is C35H30AlCaN5O15. The Labute approximate surface area is 362 Å². The zero-order chi connectivity index (χ0) is 42.2. The van der Waals surface area contributed by atoms with E-state index in [-0.39, 0.29) is 112 Å². The zero-order valence-corrected chi connectivity index (χ0v) is 32.5. The molecule has 0 spiro atoms. The summed E-state index contributed by atoms with van der Waals surface area (Å²) >= 11 is 0. The summed E-state index contributed by atoms with van der Waals surface area (Å²) in [4.78, 5) is 51.1. The van der Waals surface area contributed by atoms with Crippen LogP contribution in [0.2, 0.25) is 0 Å². The molecule has 0 bridgehead atoms. The third-order valence-corrected chi connectivity index (χ3v) is 6.21. The SMILES string of the molecule is Nc1ccc(C(=O)[O-])c(O)c1.Nc1ccc(C(=O)[O-])c(O)c1.Nc1ccc(C(=O)[O-])c(O)c1.Nc1ccc(C(=O)[O-])c(O)c1.Nc1ccc(C(=O)[O-])c(O)c1.[Al+3].[Ca+2]. The maximum atomic E-state index is 10.2. The first kappa shape index (κ1) is 52.3. The zero-order valence-electron chi connectivity index (χ0n) is 29.2. The molecule has 0 saturated heterocycles. The Hall–Kier alpha value is -6.76. The molecule has 57 heavy (non-hydrogen) atoms. The Balaban J connectivity index is 0. The number of carbonyl (C=O) groups is 5. The number of anilines is 5. The number of rotatable bonds is 5. The molecule has 0 amide bonds. The molecule has 0 fully saturated rings. The van der Waals surface area contributed by atoms with Crippen LogP contribution in [0.15, 0.2) is 91.0 Å². The van der Waals surface area contributed by atoms with Crippen molar-refractivity contribution in [1.82, 2.24) is 0 Å². The van der Waals surface area contributed by atoms with Crippen LogP contribution >= 0.6 is 0 Å². The minimum Gasteiger partial charge on any atom is -0.545 e. The third kappa shape index (κ3) is 18.0. The van der Waals surface area contributed by atoms with Crippen LogP contribution in [0, 0.1) is 0 Å². The maximum absolute atomic E-state index is 10.2. The average Bonchev–Trinajstić information content (AvgIpc) is 3.05. The summed E-state index contributed by atoms with van der Waals surface area (Å²) in [5.41, 5.74) is 26.6. The summed E-state index contributed by atoms with van der Waals surface area (Å²) < 4.78 is 0. The average molecular weight is 828 g/mol. The van der Waals surface area contributed by atoms with E-state index in [0.29, 0.717) is 28.4 Å². The number of hydrogen-bond acceptors (Lipinski definition) is 20. The number of nitrogens with two attached hydrogens (primary N) is 5. The van der Waals surface area contributed by atoms with E-state index in [1.165, 1.54) is 60.7 Å². The van der Waals surface area contributed by atoms with Gasteiger partial charge in [0.15, 0.2) is 0 Å². The Morgan fingerprint density at radius 2 is 0.456 bits per heavy atom. The second-order valence-electron chi connectivity index (χ2n) is 10.3. The van der Waals surface area contributed by atoms with E-state index in [9.17, 15) is 49.5 Å². The van der Waals surface area contributed by atoms with Gasteiger partial charge in [0.2, 0.25) is 0 Å². The molecule has 15 N–H and O–H groups in total. The van der Waals surface area contributed by atoms with Crippen LogP contribution < -0.4 is 54.2 Å². The van der Waals surface area contributed by atoms with Crippen molar-refractivity contribution in [3.63, 3.8) is 0 Å². The number of aromatic carboxylic acids is 5. The van der Waals surface area contributed by atoms with Gasteiger partial charge >= 0.3 is 55.1 Å². The van der Waals surface area contributed by atoms with Gasteiger partial charge in [-0.15, -0.1) is 0 Å². The van der Waals surface area contributed by atoms with Gasteiger partial charge in [0.25, 0.3) is 0 Å². The standard InChI is InChI=1S/5C7H7NO3.Al.Ca/c5*8-4-1-2-5(7(10)11)6(9)3-4;;/h5*1-3,9H,8H2,(H,10,11);;/q;;;;;+3;+2/p-5. The van der Waals surface area contributed by atoms with E-state index in [2.05, 4.69) is 0 Å². The molecule has 0 atom stereocenters. The molecule has 290 valence electrons. The Bertz CT molecular complexity index is 1850. The summed E-state index contributed by atoms with van der Waals surface area (Å²) in [6.45, 7) is 0. The van der Waals surface area contributed by atoms with Gasteiger partial charge in [-0.2, -0.15) is 0 Å². The number of benzene rings is 5. The van der Waals surface area contributed by atoms with Gasteiger partial charge in [0, 0.05) is 86.6 Å².